The van der Waals surface area contributed by atoms with Gasteiger partial charge in [-0.2, -0.15) is 0 Å². The van der Waals surface area contributed by atoms with Crippen molar-refractivity contribution in [2.75, 3.05) is 4.90 Å². The highest BCUT2D eigenvalue weighted by atomic mass is 16.3. The largest absolute Gasteiger partial charge is 0.454 e. The van der Waals surface area contributed by atoms with Crippen LogP contribution < -0.4 is 4.90 Å². The van der Waals surface area contributed by atoms with Gasteiger partial charge < -0.3 is 4.42 Å². The minimum absolute atomic E-state index is 0.316. The van der Waals surface area contributed by atoms with E-state index in [2.05, 4.69) is 170 Å². The summed E-state index contributed by atoms with van der Waals surface area (Å²) in [7, 11) is 0. The molecule has 0 aliphatic carbocycles. The van der Waals surface area contributed by atoms with Crippen LogP contribution in [0.25, 0.3) is 76.9 Å². The first kappa shape index (κ1) is 29.9. The van der Waals surface area contributed by atoms with Crippen molar-refractivity contribution >= 4 is 71.7 Å². The molecule has 4 heterocycles. The van der Waals surface area contributed by atoms with Gasteiger partial charge in [-0.15, -0.1) is 0 Å². The van der Waals surface area contributed by atoms with Gasteiger partial charge in [-0.05, 0) is 69.4 Å². The first-order valence-corrected chi connectivity index (χ1v) is 18.2. The van der Waals surface area contributed by atoms with Crippen LogP contribution in [0.15, 0.2) is 168 Å². The molecule has 3 aromatic heterocycles. The van der Waals surface area contributed by atoms with E-state index in [-0.39, 0.29) is 5.41 Å². The van der Waals surface area contributed by atoms with Crippen molar-refractivity contribution in [3.8, 4) is 22.4 Å². The van der Waals surface area contributed by atoms with Gasteiger partial charge in [0.15, 0.2) is 5.58 Å². The standard InChI is InChI=1S/C49H33N3O/c1-49(2)38-20-9-10-21-40(38)52(47-44(49)36-18-7-6-17-35(36)43-37-19-8-11-22-41(37)53-48(43)47)42-28-26-32-24-23-31-25-27-39(50-45(31)46(32)51-42)34-16-12-15-33(29-34)30-13-4-3-5-14-30/h3-29H,1-2H3. The van der Waals surface area contributed by atoms with Gasteiger partial charge in [0, 0.05) is 32.5 Å². The molecular weight excluding hydrogens is 647 g/mol. The van der Waals surface area contributed by atoms with Crippen LogP contribution in [-0.4, -0.2) is 9.97 Å². The van der Waals surface area contributed by atoms with Gasteiger partial charge in [0.2, 0.25) is 0 Å². The third kappa shape index (κ3) is 4.36. The van der Waals surface area contributed by atoms with E-state index in [1.807, 2.05) is 12.1 Å². The maximum absolute atomic E-state index is 6.90. The molecule has 0 saturated carbocycles. The lowest BCUT2D eigenvalue weighted by molar-refractivity contribution is 0.628. The minimum Gasteiger partial charge on any atom is -0.454 e. The number of pyridine rings is 2. The fourth-order valence-corrected chi connectivity index (χ4v) is 8.71. The van der Waals surface area contributed by atoms with Crippen LogP contribution in [0.1, 0.15) is 25.0 Å². The molecule has 0 amide bonds. The van der Waals surface area contributed by atoms with E-state index in [9.17, 15) is 0 Å². The summed E-state index contributed by atoms with van der Waals surface area (Å²) in [6.07, 6.45) is 0. The Morgan fingerprint density at radius 1 is 0.528 bits per heavy atom. The van der Waals surface area contributed by atoms with Gasteiger partial charge in [-0.3, -0.25) is 4.90 Å². The Kier molecular flexibility index (Phi) is 6.27. The molecule has 4 nitrogen and oxygen atoms in total. The summed E-state index contributed by atoms with van der Waals surface area (Å²) >= 11 is 0. The maximum atomic E-state index is 6.90. The Bertz CT molecular complexity index is 3100. The summed E-state index contributed by atoms with van der Waals surface area (Å²) in [6, 6.07) is 57.9. The number of rotatable bonds is 3. The zero-order chi connectivity index (χ0) is 35.3. The molecule has 0 N–H and O–H groups in total. The van der Waals surface area contributed by atoms with Crippen LogP contribution in [0.2, 0.25) is 0 Å². The van der Waals surface area contributed by atoms with E-state index < -0.39 is 0 Å². The van der Waals surface area contributed by atoms with Crippen LogP contribution in [-0.2, 0) is 5.41 Å². The Hall–Kier alpha value is -6.78. The van der Waals surface area contributed by atoms with Crippen molar-refractivity contribution in [3.63, 3.8) is 0 Å². The molecule has 4 heteroatoms. The molecule has 11 rings (SSSR count). The minimum atomic E-state index is -0.316. The zero-order valence-corrected chi connectivity index (χ0v) is 29.3. The number of fused-ring (bicyclic) bond motifs is 12. The lowest BCUT2D eigenvalue weighted by Crippen LogP contribution is -2.31. The highest BCUT2D eigenvalue weighted by Gasteiger charge is 2.41. The maximum Gasteiger partial charge on any atom is 0.160 e. The topological polar surface area (TPSA) is 42.2 Å². The molecule has 1 aliphatic heterocycles. The van der Waals surface area contributed by atoms with Crippen LogP contribution in [0.4, 0.5) is 17.2 Å². The number of nitrogens with zero attached hydrogens (tertiary/aromatic N) is 3. The third-order valence-corrected chi connectivity index (χ3v) is 11.2. The molecule has 0 fully saturated rings. The van der Waals surface area contributed by atoms with Crippen molar-refractivity contribution in [1.82, 2.24) is 9.97 Å². The fourth-order valence-electron chi connectivity index (χ4n) is 8.71. The third-order valence-electron chi connectivity index (χ3n) is 11.2. The second-order valence-corrected chi connectivity index (χ2v) is 14.6. The van der Waals surface area contributed by atoms with E-state index in [1.54, 1.807) is 0 Å². The Labute approximate surface area is 306 Å². The molecule has 53 heavy (non-hydrogen) atoms. The second kappa shape index (κ2) is 11.1. The molecule has 0 saturated heterocycles. The molecule has 0 spiro atoms. The lowest BCUT2D eigenvalue weighted by atomic mass is 9.71. The van der Waals surface area contributed by atoms with E-state index >= 15 is 0 Å². The summed E-state index contributed by atoms with van der Waals surface area (Å²) in [6.45, 7) is 4.67. The van der Waals surface area contributed by atoms with Crippen molar-refractivity contribution in [2.45, 2.75) is 19.3 Å². The SMILES string of the molecule is CC1(C)c2ccccc2N(c2ccc3ccc4ccc(-c5cccc(-c6ccccc6)c5)nc4c3n2)c2c1c1ccccc1c1c2oc2ccccc21. The Morgan fingerprint density at radius 3 is 2.02 bits per heavy atom. The first-order valence-electron chi connectivity index (χ1n) is 18.2. The number of para-hydroxylation sites is 2. The highest BCUT2D eigenvalue weighted by molar-refractivity contribution is 6.25. The van der Waals surface area contributed by atoms with Crippen LogP contribution in [0, 0.1) is 0 Å². The number of aromatic nitrogens is 2. The van der Waals surface area contributed by atoms with Crippen molar-refractivity contribution < 1.29 is 4.42 Å². The molecule has 1 aliphatic rings. The molecule has 7 aromatic carbocycles. The van der Waals surface area contributed by atoms with Crippen LogP contribution in [0.5, 0.6) is 0 Å². The average molecular weight is 680 g/mol. The van der Waals surface area contributed by atoms with Gasteiger partial charge in [0.25, 0.3) is 0 Å². The van der Waals surface area contributed by atoms with Crippen molar-refractivity contribution in [3.05, 3.63) is 175 Å². The van der Waals surface area contributed by atoms with E-state index in [4.69, 9.17) is 14.4 Å². The van der Waals surface area contributed by atoms with Gasteiger partial charge in [0.05, 0.1) is 28.1 Å². The Morgan fingerprint density at radius 2 is 1.17 bits per heavy atom. The summed E-state index contributed by atoms with van der Waals surface area (Å²) in [5.74, 6) is 0.824. The molecular formula is C49H33N3O. The van der Waals surface area contributed by atoms with Gasteiger partial charge >= 0.3 is 0 Å². The monoisotopic (exact) mass is 679 g/mol. The van der Waals surface area contributed by atoms with Crippen molar-refractivity contribution in [2.24, 2.45) is 0 Å². The molecule has 250 valence electrons. The number of anilines is 3. The van der Waals surface area contributed by atoms with Crippen molar-refractivity contribution in [1.29, 1.82) is 0 Å². The second-order valence-electron chi connectivity index (χ2n) is 14.6. The smallest absolute Gasteiger partial charge is 0.160 e. The number of furan rings is 1. The van der Waals surface area contributed by atoms with E-state index in [0.717, 1.165) is 77.8 Å². The number of benzene rings is 7. The van der Waals surface area contributed by atoms with Crippen LogP contribution >= 0.6 is 0 Å². The van der Waals surface area contributed by atoms with Crippen LogP contribution in [0.3, 0.4) is 0 Å². The first-order chi connectivity index (χ1) is 26.0. The Balaban J connectivity index is 1.18. The van der Waals surface area contributed by atoms with E-state index in [1.165, 1.54) is 27.5 Å². The molecule has 10 aromatic rings. The normalized spacial score (nSPS) is 13.6. The molecule has 0 atom stereocenters. The highest BCUT2D eigenvalue weighted by Crippen LogP contribution is 2.57. The lowest BCUT2D eigenvalue weighted by Gasteiger charge is -2.42. The molecule has 0 radical (unpaired) electrons. The van der Waals surface area contributed by atoms with Gasteiger partial charge in [-0.1, -0.05) is 141 Å². The van der Waals surface area contributed by atoms with E-state index in [0.29, 0.717) is 0 Å². The number of hydrogen-bond donors (Lipinski definition) is 0. The predicted octanol–water partition coefficient (Wildman–Crippen LogP) is 13.3. The molecule has 0 bridgehead atoms. The van der Waals surface area contributed by atoms with Gasteiger partial charge in [-0.25, -0.2) is 9.97 Å². The van der Waals surface area contributed by atoms with Gasteiger partial charge in [0.1, 0.15) is 11.4 Å². The average Bonchev–Trinajstić information content (AvgIpc) is 3.61. The summed E-state index contributed by atoms with van der Waals surface area (Å²) in [5.41, 5.74) is 12.1. The summed E-state index contributed by atoms with van der Waals surface area (Å²) in [4.78, 5) is 13.2. The predicted molar refractivity (Wildman–Crippen MR) is 220 cm³/mol. The quantitative estimate of drug-likeness (QED) is 0.174. The molecule has 0 unspecified atom stereocenters. The fraction of sp³-hybridized carbons (Fsp3) is 0.0612. The summed E-state index contributed by atoms with van der Waals surface area (Å²) in [5, 5.41) is 6.76. The summed E-state index contributed by atoms with van der Waals surface area (Å²) < 4.78 is 6.90. The number of hydrogen-bond acceptors (Lipinski definition) is 4. The zero-order valence-electron chi connectivity index (χ0n) is 29.3.